The van der Waals surface area contributed by atoms with E-state index in [0.717, 1.165) is 0 Å². The number of rotatable bonds is 6. The zero-order valence-electron chi connectivity index (χ0n) is 9.58. The molecule has 8 heteroatoms. The predicted molar refractivity (Wildman–Crippen MR) is 53.3 cm³/mol. The number of alkyl halides is 3. The van der Waals surface area contributed by atoms with Crippen LogP contribution >= 0.6 is 0 Å². The van der Waals surface area contributed by atoms with Crippen molar-refractivity contribution in [1.82, 2.24) is 4.98 Å². The van der Waals surface area contributed by atoms with Gasteiger partial charge in [-0.1, -0.05) is 0 Å². The third kappa shape index (κ3) is 3.73. The number of carboxylic acid groups (broad SMARTS) is 1. The Labute approximate surface area is 101 Å². The van der Waals surface area contributed by atoms with E-state index in [4.69, 9.17) is 9.84 Å². The second-order valence-electron chi connectivity index (χ2n) is 3.39. The number of carbonyl (C=O) groups is 1. The third-order valence-electron chi connectivity index (χ3n) is 2.02. The fourth-order valence-electron chi connectivity index (χ4n) is 1.28. The van der Waals surface area contributed by atoms with Crippen LogP contribution in [0.4, 0.5) is 13.2 Å². The Hall–Kier alpha value is -1.57. The highest BCUT2D eigenvalue weighted by Gasteiger charge is 2.41. The van der Waals surface area contributed by atoms with Crippen molar-refractivity contribution in [2.75, 3.05) is 13.2 Å². The third-order valence-corrected chi connectivity index (χ3v) is 2.02. The van der Waals surface area contributed by atoms with Crippen molar-refractivity contribution in [3.63, 3.8) is 0 Å². The maximum absolute atomic E-state index is 12.5. The molecule has 0 fully saturated rings. The first kappa shape index (κ1) is 14.5. The molecule has 0 bridgehead atoms. The summed E-state index contributed by atoms with van der Waals surface area (Å²) in [6, 6.07) is 0. The quantitative estimate of drug-likeness (QED) is 0.801. The van der Waals surface area contributed by atoms with Crippen LogP contribution in [0, 0.1) is 0 Å². The highest BCUT2D eigenvalue weighted by molar-refractivity contribution is 5.85. The number of hydrogen-bond acceptors (Lipinski definition) is 4. The number of hydrogen-bond donors (Lipinski definition) is 1. The van der Waals surface area contributed by atoms with Gasteiger partial charge in [-0.15, -0.1) is 0 Å². The molecule has 0 unspecified atom stereocenters. The number of aromatic carboxylic acids is 1. The molecule has 0 aliphatic rings. The van der Waals surface area contributed by atoms with Crippen molar-refractivity contribution in [2.45, 2.75) is 25.9 Å². The minimum Gasteiger partial charge on any atom is -0.475 e. The highest BCUT2D eigenvalue weighted by atomic mass is 19.4. The molecule has 0 saturated heterocycles. The minimum atomic E-state index is -4.84. The molecule has 0 aromatic carbocycles. The van der Waals surface area contributed by atoms with Gasteiger partial charge in [0.25, 0.3) is 0 Å². The van der Waals surface area contributed by atoms with Gasteiger partial charge in [0.2, 0.25) is 5.76 Å². The second kappa shape index (κ2) is 5.85. The molecule has 0 atom stereocenters. The molecule has 0 saturated carbocycles. The summed E-state index contributed by atoms with van der Waals surface area (Å²) < 4.78 is 47.0. The fraction of sp³-hybridized carbons (Fsp3) is 0.600. The monoisotopic (exact) mass is 267 g/mol. The molecule has 1 aromatic rings. The Morgan fingerprint density at radius 1 is 1.50 bits per heavy atom. The number of nitrogens with zero attached hydrogens (tertiary/aromatic N) is 1. The summed E-state index contributed by atoms with van der Waals surface area (Å²) in [6.07, 6.45) is -4.34. The van der Waals surface area contributed by atoms with Gasteiger partial charge in [-0.25, -0.2) is 9.78 Å². The number of carboxylic acids is 1. The van der Waals surface area contributed by atoms with Crippen LogP contribution in [0.25, 0.3) is 0 Å². The van der Waals surface area contributed by atoms with E-state index in [9.17, 15) is 18.0 Å². The van der Waals surface area contributed by atoms with Gasteiger partial charge >= 0.3 is 12.1 Å². The molecule has 0 aliphatic carbocycles. The Kier molecular flexibility index (Phi) is 4.71. The summed E-state index contributed by atoms with van der Waals surface area (Å²) >= 11 is 0. The van der Waals surface area contributed by atoms with Crippen LogP contribution in [-0.4, -0.2) is 29.3 Å². The van der Waals surface area contributed by atoms with Gasteiger partial charge in [0, 0.05) is 19.6 Å². The summed E-state index contributed by atoms with van der Waals surface area (Å²) in [7, 11) is 0. The normalized spacial score (nSPS) is 11.8. The lowest BCUT2D eigenvalue weighted by Crippen LogP contribution is -2.11. The Morgan fingerprint density at radius 2 is 2.17 bits per heavy atom. The van der Waals surface area contributed by atoms with E-state index in [1.807, 2.05) is 0 Å². The van der Waals surface area contributed by atoms with Crippen LogP contribution in [0.2, 0.25) is 0 Å². The molecule has 18 heavy (non-hydrogen) atoms. The van der Waals surface area contributed by atoms with Crippen molar-refractivity contribution >= 4 is 5.97 Å². The first-order valence-corrected chi connectivity index (χ1v) is 5.24. The van der Waals surface area contributed by atoms with Gasteiger partial charge in [0.1, 0.15) is 0 Å². The molecule has 0 amide bonds. The molecule has 102 valence electrons. The smallest absolute Gasteiger partial charge is 0.437 e. The van der Waals surface area contributed by atoms with Gasteiger partial charge in [-0.2, -0.15) is 13.2 Å². The van der Waals surface area contributed by atoms with Crippen molar-refractivity contribution in [3.05, 3.63) is 17.3 Å². The van der Waals surface area contributed by atoms with E-state index in [0.29, 0.717) is 19.6 Å². The fourth-order valence-corrected chi connectivity index (χ4v) is 1.28. The first-order valence-electron chi connectivity index (χ1n) is 5.24. The number of aromatic nitrogens is 1. The van der Waals surface area contributed by atoms with E-state index < -0.39 is 23.6 Å². The van der Waals surface area contributed by atoms with Crippen LogP contribution < -0.4 is 0 Å². The second-order valence-corrected chi connectivity index (χ2v) is 3.39. The number of oxazole rings is 1. The highest BCUT2D eigenvalue weighted by Crippen LogP contribution is 2.32. The molecule has 1 rings (SSSR count). The topological polar surface area (TPSA) is 72.6 Å². The van der Waals surface area contributed by atoms with E-state index in [1.54, 1.807) is 6.92 Å². The lowest BCUT2D eigenvalue weighted by molar-refractivity contribution is -0.141. The van der Waals surface area contributed by atoms with Crippen LogP contribution in [0.1, 0.15) is 35.5 Å². The summed E-state index contributed by atoms with van der Waals surface area (Å²) in [5.41, 5.74) is -1.50. The number of aryl methyl sites for hydroxylation is 1. The first-order chi connectivity index (χ1) is 8.36. The lowest BCUT2D eigenvalue weighted by atomic mass is 10.3. The maximum atomic E-state index is 12.5. The van der Waals surface area contributed by atoms with Crippen molar-refractivity contribution in [3.8, 4) is 0 Å². The molecule has 1 N–H and O–H groups in total. The van der Waals surface area contributed by atoms with E-state index in [1.165, 1.54) is 0 Å². The molecular weight excluding hydrogens is 255 g/mol. The summed E-state index contributed by atoms with van der Waals surface area (Å²) in [6.45, 7) is 2.64. The molecule has 0 aliphatic heterocycles. The van der Waals surface area contributed by atoms with Gasteiger partial charge in [0.15, 0.2) is 11.6 Å². The lowest BCUT2D eigenvalue weighted by Gasteiger charge is -2.00. The van der Waals surface area contributed by atoms with Crippen molar-refractivity contribution < 1.29 is 32.2 Å². The zero-order chi connectivity index (χ0) is 13.8. The molecular formula is C10H12F3NO4. The van der Waals surface area contributed by atoms with E-state index in [-0.39, 0.29) is 12.3 Å². The average molecular weight is 267 g/mol. The van der Waals surface area contributed by atoms with Gasteiger partial charge in [-0.3, -0.25) is 0 Å². The van der Waals surface area contributed by atoms with Gasteiger partial charge in [-0.05, 0) is 13.3 Å². The van der Waals surface area contributed by atoms with Gasteiger partial charge in [0.05, 0.1) is 0 Å². The Morgan fingerprint density at radius 3 is 2.61 bits per heavy atom. The molecule has 0 radical (unpaired) electrons. The zero-order valence-corrected chi connectivity index (χ0v) is 9.58. The Bertz CT molecular complexity index is 414. The molecule has 1 heterocycles. The summed E-state index contributed by atoms with van der Waals surface area (Å²) in [5.74, 6) is -3.21. The molecule has 0 spiro atoms. The van der Waals surface area contributed by atoms with Crippen LogP contribution in [-0.2, 0) is 17.3 Å². The maximum Gasteiger partial charge on any atom is 0.437 e. The summed E-state index contributed by atoms with van der Waals surface area (Å²) in [5, 5.41) is 8.59. The number of ether oxygens (including phenoxy) is 1. The van der Waals surface area contributed by atoms with E-state index in [2.05, 4.69) is 9.40 Å². The molecule has 1 aromatic heterocycles. The van der Waals surface area contributed by atoms with Crippen LogP contribution in [0.15, 0.2) is 4.42 Å². The number of halogens is 3. The standard InChI is InChI=1S/C10H12F3NO4/c1-2-17-5-3-4-6-14-8(10(11,12)13)7(18-6)9(15)16/h2-5H2,1H3,(H,15,16). The van der Waals surface area contributed by atoms with Crippen LogP contribution in [0.3, 0.4) is 0 Å². The van der Waals surface area contributed by atoms with E-state index >= 15 is 0 Å². The van der Waals surface area contributed by atoms with Crippen molar-refractivity contribution in [1.29, 1.82) is 0 Å². The SMILES string of the molecule is CCOCCCc1nc(C(F)(F)F)c(C(=O)O)o1. The van der Waals surface area contributed by atoms with Crippen molar-refractivity contribution in [2.24, 2.45) is 0 Å². The predicted octanol–water partition coefficient (Wildman–Crippen LogP) is 2.36. The molecule has 5 nitrogen and oxygen atoms in total. The minimum absolute atomic E-state index is 0.0936. The van der Waals surface area contributed by atoms with Gasteiger partial charge < -0.3 is 14.3 Å². The largest absolute Gasteiger partial charge is 0.475 e. The Balaban J connectivity index is 2.80. The average Bonchev–Trinajstić information content (AvgIpc) is 2.68. The summed E-state index contributed by atoms with van der Waals surface area (Å²) in [4.78, 5) is 13.8. The van der Waals surface area contributed by atoms with Crippen LogP contribution in [0.5, 0.6) is 0 Å².